The van der Waals surface area contributed by atoms with Crippen molar-refractivity contribution < 1.29 is 18.7 Å². The van der Waals surface area contributed by atoms with Crippen LogP contribution in [-0.4, -0.2) is 33.0 Å². The number of hydrogen-bond acceptors (Lipinski definition) is 5. The Morgan fingerprint density at radius 2 is 1.81 bits per heavy atom. The fraction of sp³-hybridized carbons (Fsp3) is 0.478. The van der Waals surface area contributed by atoms with Gasteiger partial charge >= 0.3 is 6.09 Å². The second-order valence-electron chi connectivity index (χ2n) is 9.59. The van der Waals surface area contributed by atoms with E-state index in [2.05, 4.69) is 20.6 Å². The second kappa shape index (κ2) is 7.69. The molecule has 2 N–H and O–H groups in total. The molecule has 0 spiro atoms. The fourth-order valence-electron chi connectivity index (χ4n) is 6.37. The van der Waals surface area contributed by atoms with Gasteiger partial charge in [0.15, 0.2) is 5.82 Å². The summed E-state index contributed by atoms with van der Waals surface area (Å²) in [5.41, 5.74) is -0.377. The fourth-order valence-corrected chi connectivity index (χ4v) is 6.54. The lowest BCUT2D eigenvalue weighted by Gasteiger charge is -2.62. The van der Waals surface area contributed by atoms with Crippen LogP contribution >= 0.6 is 11.6 Å². The Kier molecular flexibility index (Phi) is 5.08. The number of aryl methyl sites for hydroxylation is 1. The van der Waals surface area contributed by atoms with Crippen LogP contribution in [0.4, 0.5) is 9.18 Å². The molecule has 0 saturated heterocycles. The third-order valence-corrected chi connectivity index (χ3v) is 7.23. The van der Waals surface area contributed by atoms with E-state index in [1.807, 2.05) is 0 Å². The van der Waals surface area contributed by atoms with Crippen LogP contribution < -0.4 is 15.4 Å². The van der Waals surface area contributed by atoms with Crippen LogP contribution in [-0.2, 0) is 0 Å². The molecule has 4 saturated carbocycles. The molecule has 7 nitrogen and oxygen atoms in total. The minimum atomic E-state index is -0.716. The SMILES string of the molecule is Cc1cncc(OC(=O)NC23CC4CC(C2)CC(NC(=O)c2cccc(Cl)c2F)(C4)C3)n1. The van der Waals surface area contributed by atoms with E-state index in [1.54, 1.807) is 19.2 Å². The van der Waals surface area contributed by atoms with E-state index in [0.29, 0.717) is 24.0 Å². The summed E-state index contributed by atoms with van der Waals surface area (Å²) < 4.78 is 19.8. The van der Waals surface area contributed by atoms with Gasteiger partial charge in [-0.05, 0) is 69.4 Å². The smallest absolute Gasteiger partial charge is 0.390 e. The standard InChI is InChI=1S/C23H24ClFN4O3/c1-13-10-26-11-18(27-13)32-21(31)29-23-8-14-5-15(9-23)7-22(6-14,12-23)28-20(30)16-3-2-4-17(24)19(16)25/h2-4,10-11,14-15H,5-9,12H2,1H3,(H,28,30)(H,29,31). The van der Waals surface area contributed by atoms with Crippen molar-refractivity contribution in [1.29, 1.82) is 0 Å². The number of nitrogens with zero attached hydrogens (tertiary/aromatic N) is 2. The summed E-state index contributed by atoms with van der Waals surface area (Å²) in [7, 11) is 0. The quantitative estimate of drug-likeness (QED) is 0.716. The molecule has 0 aliphatic heterocycles. The van der Waals surface area contributed by atoms with Gasteiger partial charge in [0, 0.05) is 17.3 Å². The third kappa shape index (κ3) is 3.92. The van der Waals surface area contributed by atoms with Gasteiger partial charge in [0.2, 0.25) is 5.88 Å². The van der Waals surface area contributed by atoms with Gasteiger partial charge < -0.3 is 15.4 Å². The van der Waals surface area contributed by atoms with Gasteiger partial charge in [-0.25, -0.2) is 14.2 Å². The van der Waals surface area contributed by atoms with Gasteiger partial charge in [0.05, 0.1) is 22.5 Å². The summed E-state index contributed by atoms with van der Waals surface area (Å²) in [5, 5.41) is 6.11. The highest BCUT2D eigenvalue weighted by atomic mass is 35.5. The van der Waals surface area contributed by atoms with Crippen molar-refractivity contribution >= 4 is 23.6 Å². The van der Waals surface area contributed by atoms with Gasteiger partial charge in [-0.3, -0.25) is 9.78 Å². The topological polar surface area (TPSA) is 93.2 Å². The maximum absolute atomic E-state index is 14.4. The Hall–Kier alpha value is -2.74. The van der Waals surface area contributed by atoms with Crippen LogP contribution in [0.2, 0.25) is 5.02 Å². The van der Waals surface area contributed by atoms with Crippen LogP contribution in [0.25, 0.3) is 0 Å². The Morgan fingerprint density at radius 1 is 1.12 bits per heavy atom. The molecule has 9 heteroatoms. The number of aromatic nitrogens is 2. The lowest BCUT2D eigenvalue weighted by atomic mass is 9.50. The molecule has 4 bridgehead atoms. The molecular formula is C23H24ClFN4O3. The van der Waals surface area contributed by atoms with E-state index in [9.17, 15) is 14.0 Å². The number of rotatable bonds is 4. The number of carbonyl (C=O) groups is 2. The minimum absolute atomic E-state index is 0.0623. The van der Waals surface area contributed by atoms with E-state index >= 15 is 0 Å². The first kappa shape index (κ1) is 21.1. The summed E-state index contributed by atoms with van der Waals surface area (Å²) in [4.78, 5) is 33.8. The lowest BCUT2D eigenvalue weighted by molar-refractivity contribution is -0.0450. The number of benzene rings is 1. The molecule has 4 fully saturated rings. The number of ether oxygens (including phenoxy) is 1. The van der Waals surface area contributed by atoms with Crippen LogP contribution in [0, 0.1) is 24.6 Å². The second-order valence-corrected chi connectivity index (χ2v) is 10.00. The molecule has 1 aromatic carbocycles. The zero-order valence-corrected chi connectivity index (χ0v) is 18.4. The molecule has 2 atom stereocenters. The summed E-state index contributed by atoms with van der Waals surface area (Å²) in [6, 6.07) is 4.42. The monoisotopic (exact) mass is 458 g/mol. The zero-order chi connectivity index (χ0) is 22.5. The van der Waals surface area contributed by atoms with Gasteiger partial charge in [-0.1, -0.05) is 17.7 Å². The summed E-state index contributed by atoms with van der Waals surface area (Å²) in [5.74, 6) is -0.293. The van der Waals surface area contributed by atoms with Crippen molar-refractivity contribution in [3.05, 3.63) is 52.7 Å². The van der Waals surface area contributed by atoms with E-state index in [0.717, 1.165) is 32.1 Å². The average Bonchev–Trinajstić information content (AvgIpc) is 2.68. The number of halogens is 2. The molecule has 1 heterocycles. The highest BCUT2D eigenvalue weighted by Gasteiger charge is 2.59. The third-order valence-electron chi connectivity index (χ3n) is 6.93. The van der Waals surface area contributed by atoms with Crippen molar-refractivity contribution in [2.24, 2.45) is 11.8 Å². The molecule has 0 radical (unpaired) electrons. The molecule has 1 aromatic heterocycles. The van der Waals surface area contributed by atoms with Gasteiger partial charge in [0.25, 0.3) is 5.91 Å². The molecule has 2 amide bonds. The normalized spacial score (nSPS) is 30.1. The van der Waals surface area contributed by atoms with E-state index in [1.165, 1.54) is 18.3 Å². The summed E-state index contributed by atoms with van der Waals surface area (Å²) in [6.45, 7) is 1.77. The molecular weight excluding hydrogens is 435 g/mol. The zero-order valence-electron chi connectivity index (χ0n) is 17.7. The number of hydrogen-bond donors (Lipinski definition) is 2. The van der Waals surface area contributed by atoms with Crippen LogP contribution in [0.5, 0.6) is 5.88 Å². The first-order valence-corrected chi connectivity index (χ1v) is 11.2. The first-order chi connectivity index (χ1) is 15.2. The molecule has 2 unspecified atom stereocenters. The van der Waals surface area contributed by atoms with Crippen molar-refractivity contribution in [2.45, 2.75) is 56.5 Å². The summed E-state index contributed by atoms with van der Waals surface area (Å²) in [6.07, 6.45) is 7.36. The van der Waals surface area contributed by atoms with Crippen LogP contribution in [0.1, 0.15) is 54.6 Å². The van der Waals surface area contributed by atoms with Crippen LogP contribution in [0.15, 0.2) is 30.6 Å². The predicted molar refractivity (Wildman–Crippen MR) is 115 cm³/mol. The Labute approximate surface area is 190 Å². The van der Waals surface area contributed by atoms with E-state index < -0.39 is 28.9 Å². The van der Waals surface area contributed by atoms with Crippen molar-refractivity contribution in [3.63, 3.8) is 0 Å². The van der Waals surface area contributed by atoms with Gasteiger partial charge in [-0.15, -0.1) is 0 Å². The Balaban J connectivity index is 1.34. The first-order valence-electron chi connectivity index (χ1n) is 10.8. The Bertz CT molecular complexity index is 1080. The van der Waals surface area contributed by atoms with Crippen molar-refractivity contribution in [2.75, 3.05) is 0 Å². The van der Waals surface area contributed by atoms with E-state index in [-0.39, 0.29) is 16.5 Å². The molecule has 168 valence electrons. The van der Waals surface area contributed by atoms with Gasteiger partial charge in [-0.2, -0.15) is 0 Å². The summed E-state index contributed by atoms with van der Waals surface area (Å²) >= 11 is 5.86. The maximum atomic E-state index is 14.4. The molecule has 32 heavy (non-hydrogen) atoms. The highest BCUT2D eigenvalue weighted by Crippen LogP contribution is 2.57. The highest BCUT2D eigenvalue weighted by molar-refractivity contribution is 6.31. The predicted octanol–water partition coefficient (Wildman–Crippen LogP) is 4.19. The number of carbonyl (C=O) groups excluding carboxylic acids is 2. The number of nitrogens with one attached hydrogen (secondary N) is 2. The average molecular weight is 459 g/mol. The van der Waals surface area contributed by atoms with E-state index in [4.69, 9.17) is 16.3 Å². The molecule has 4 aliphatic carbocycles. The Morgan fingerprint density at radius 3 is 2.50 bits per heavy atom. The maximum Gasteiger partial charge on any atom is 0.414 e. The van der Waals surface area contributed by atoms with Gasteiger partial charge in [0.1, 0.15) is 0 Å². The largest absolute Gasteiger partial charge is 0.414 e. The number of amides is 2. The lowest BCUT2D eigenvalue weighted by Crippen LogP contribution is -2.70. The van der Waals surface area contributed by atoms with Crippen molar-refractivity contribution in [1.82, 2.24) is 20.6 Å². The minimum Gasteiger partial charge on any atom is -0.390 e. The van der Waals surface area contributed by atoms with Crippen molar-refractivity contribution in [3.8, 4) is 5.88 Å². The van der Waals surface area contributed by atoms with Crippen LogP contribution in [0.3, 0.4) is 0 Å². The molecule has 2 aromatic rings. The molecule has 6 rings (SSSR count). The molecule has 4 aliphatic rings.